The first-order valence-corrected chi connectivity index (χ1v) is 8.94. The van der Waals surface area contributed by atoms with Crippen LogP contribution in [0.3, 0.4) is 0 Å². The molecule has 1 aromatic rings. The first-order valence-electron chi connectivity index (χ1n) is 8.94. The molecular formula is C19H26N2O3. The normalized spacial score (nSPS) is 24.8. The van der Waals surface area contributed by atoms with E-state index in [0.29, 0.717) is 31.8 Å². The lowest BCUT2D eigenvalue weighted by Gasteiger charge is -2.31. The fourth-order valence-electron chi connectivity index (χ4n) is 3.93. The van der Waals surface area contributed by atoms with Crippen LogP contribution in [0.1, 0.15) is 37.7 Å². The van der Waals surface area contributed by atoms with Gasteiger partial charge in [0.25, 0.3) is 0 Å². The molecule has 2 unspecified atom stereocenters. The molecule has 0 aromatic heterocycles. The van der Waals surface area contributed by atoms with Gasteiger partial charge in [-0.1, -0.05) is 30.3 Å². The van der Waals surface area contributed by atoms with Gasteiger partial charge in [-0.2, -0.15) is 0 Å². The molecule has 2 N–H and O–H groups in total. The van der Waals surface area contributed by atoms with Crippen molar-refractivity contribution in [2.24, 2.45) is 11.8 Å². The van der Waals surface area contributed by atoms with E-state index < -0.39 is 5.97 Å². The van der Waals surface area contributed by atoms with Crippen molar-refractivity contribution in [1.82, 2.24) is 10.2 Å². The van der Waals surface area contributed by atoms with Gasteiger partial charge in [0.1, 0.15) is 0 Å². The van der Waals surface area contributed by atoms with Crippen LogP contribution in [-0.4, -0.2) is 41.1 Å². The number of carboxylic acid groups (broad SMARTS) is 1. The Balaban J connectivity index is 1.42. The number of benzene rings is 1. The van der Waals surface area contributed by atoms with Crippen molar-refractivity contribution < 1.29 is 14.7 Å². The summed E-state index contributed by atoms with van der Waals surface area (Å²) in [5, 5.41) is 12.2. The standard InChI is InChI=1S/C19H26N2O3/c22-18(23)16-8-10-21(11-9-16)19(24)20-17-7-6-15(13-17)12-14-4-2-1-3-5-14/h1-5,15-17H,6-13H2,(H,20,24)(H,22,23). The first kappa shape index (κ1) is 16.8. The third-order valence-electron chi connectivity index (χ3n) is 5.37. The second kappa shape index (κ2) is 7.69. The summed E-state index contributed by atoms with van der Waals surface area (Å²) in [5.41, 5.74) is 1.37. The third kappa shape index (κ3) is 4.28. The monoisotopic (exact) mass is 330 g/mol. The quantitative estimate of drug-likeness (QED) is 0.892. The van der Waals surface area contributed by atoms with E-state index in [4.69, 9.17) is 5.11 Å². The smallest absolute Gasteiger partial charge is 0.317 e. The van der Waals surface area contributed by atoms with Crippen LogP contribution in [0.5, 0.6) is 0 Å². The highest BCUT2D eigenvalue weighted by atomic mass is 16.4. The summed E-state index contributed by atoms with van der Waals surface area (Å²) in [6, 6.07) is 10.7. The number of rotatable bonds is 4. The highest BCUT2D eigenvalue weighted by Crippen LogP contribution is 2.29. The molecular weight excluding hydrogens is 304 g/mol. The summed E-state index contributed by atoms with van der Waals surface area (Å²) in [6.45, 7) is 1.09. The number of amides is 2. The Morgan fingerprint density at radius 1 is 1.08 bits per heavy atom. The Kier molecular flexibility index (Phi) is 5.38. The van der Waals surface area contributed by atoms with E-state index in [-0.39, 0.29) is 18.0 Å². The summed E-state index contributed by atoms with van der Waals surface area (Å²) in [5.74, 6) is -0.402. The number of likely N-dealkylation sites (tertiary alicyclic amines) is 1. The molecule has 1 heterocycles. The van der Waals surface area contributed by atoms with E-state index in [2.05, 4.69) is 29.6 Å². The number of hydrogen-bond acceptors (Lipinski definition) is 2. The maximum atomic E-state index is 12.4. The van der Waals surface area contributed by atoms with Gasteiger partial charge in [0.05, 0.1) is 5.92 Å². The van der Waals surface area contributed by atoms with Gasteiger partial charge in [-0.05, 0) is 50.0 Å². The zero-order valence-corrected chi connectivity index (χ0v) is 14.0. The molecule has 0 spiro atoms. The number of carbonyl (C=O) groups excluding carboxylic acids is 1. The molecule has 0 radical (unpaired) electrons. The third-order valence-corrected chi connectivity index (χ3v) is 5.37. The fourth-order valence-corrected chi connectivity index (χ4v) is 3.93. The van der Waals surface area contributed by atoms with E-state index in [1.165, 1.54) is 5.56 Å². The summed E-state index contributed by atoms with van der Waals surface area (Å²) >= 11 is 0. The van der Waals surface area contributed by atoms with Crippen LogP contribution >= 0.6 is 0 Å². The summed E-state index contributed by atoms with van der Waals surface area (Å²) in [7, 11) is 0. The van der Waals surface area contributed by atoms with E-state index in [0.717, 1.165) is 25.7 Å². The number of carbonyl (C=O) groups is 2. The molecule has 3 rings (SSSR count). The fraction of sp³-hybridized carbons (Fsp3) is 0.579. The lowest BCUT2D eigenvalue weighted by molar-refractivity contribution is -0.143. The summed E-state index contributed by atoms with van der Waals surface area (Å²) in [6.07, 6.45) is 5.42. The van der Waals surface area contributed by atoms with E-state index in [1.54, 1.807) is 4.90 Å². The summed E-state index contributed by atoms with van der Waals surface area (Å²) in [4.78, 5) is 25.1. The number of carboxylic acids is 1. The molecule has 1 aliphatic heterocycles. The van der Waals surface area contributed by atoms with Crippen LogP contribution in [0.15, 0.2) is 30.3 Å². The predicted octanol–water partition coefficient (Wildman–Crippen LogP) is 2.90. The number of aliphatic carboxylic acids is 1. The average Bonchev–Trinajstić information content (AvgIpc) is 3.02. The molecule has 1 saturated heterocycles. The summed E-state index contributed by atoms with van der Waals surface area (Å²) < 4.78 is 0. The van der Waals surface area contributed by atoms with Crippen LogP contribution in [0.2, 0.25) is 0 Å². The molecule has 5 heteroatoms. The maximum Gasteiger partial charge on any atom is 0.317 e. The van der Waals surface area contributed by atoms with E-state index >= 15 is 0 Å². The Morgan fingerprint density at radius 2 is 1.79 bits per heavy atom. The number of urea groups is 1. The van der Waals surface area contributed by atoms with Crippen molar-refractivity contribution >= 4 is 12.0 Å². The number of hydrogen-bond donors (Lipinski definition) is 2. The Morgan fingerprint density at radius 3 is 2.46 bits per heavy atom. The molecule has 2 atom stereocenters. The molecule has 1 saturated carbocycles. The minimum absolute atomic E-state index is 0.0239. The molecule has 2 fully saturated rings. The Labute approximate surface area is 143 Å². The molecule has 0 bridgehead atoms. The zero-order valence-electron chi connectivity index (χ0n) is 14.0. The van der Waals surface area contributed by atoms with Crippen LogP contribution in [-0.2, 0) is 11.2 Å². The van der Waals surface area contributed by atoms with Gasteiger partial charge in [0.15, 0.2) is 0 Å². The van der Waals surface area contributed by atoms with Crippen molar-refractivity contribution in [2.75, 3.05) is 13.1 Å². The molecule has 5 nitrogen and oxygen atoms in total. The van der Waals surface area contributed by atoms with Gasteiger partial charge >= 0.3 is 12.0 Å². The highest BCUT2D eigenvalue weighted by molar-refractivity contribution is 5.75. The van der Waals surface area contributed by atoms with Crippen molar-refractivity contribution in [2.45, 2.75) is 44.6 Å². The maximum absolute atomic E-state index is 12.4. The predicted molar refractivity (Wildman–Crippen MR) is 91.7 cm³/mol. The van der Waals surface area contributed by atoms with Gasteiger partial charge in [0.2, 0.25) is 0 Å². The van der Waals surface area contributed by atoms with Gasteiger partial charge in [-0.15, -0.1) is 0 Å². The lowest BCUT2D eigenvalue weighted by atomic mass is 9.97. The zero-order chi connectivity index (χ0) is 16.9. The average molecular weight is 330 g/mol. The molecule has 130 valence electrons. The van der Waals surface area contributed by atoms with Crippen molar-refractivity contribution in [3.63, 3.8) is 0 Å². The second-order valence-electron chi connectivity index (χ2n) is 7.11. The SMILES string of the molecule is O=C(O)C1CCN(C(=O)NC2CCC(Cc3ccccc3)C2)CC1. The minimum atomic E-state index is -0.741. The molecule has 24 heavy (non-hydrogen) atoms. The van der Waals surface area contributed by atoms with Crippen LogP contribution in [0.25, 0.3) is 0 Å². The number of nitrogens with one attached hydrogen (secondary N) is 1. The van der Waals surface area contributed by atoms with Gasteiger partial charge in [0, 0.05) is 19.1 Å². The Bertz CT molecular complexity index is 567. The molecule has 1 aromatic carbocycles. The van der Waals surface area contributed by atoms with Crippen molar-refractivity contribution in [3.8, 4) is 0 Å². The van der Waals surface area contributed by atoms with Gasteiger partial charge in [-0.3, -0.25) is 4.79 Å². The van der Waals surface area contributed by atoms with E-state index in [1.807, 2.05) is 6.07 Å². The van der Waals surface area contributed by atoms with Crippen molar-refractivity contribution in [3.05, 3.63) is 35.9 Å². The van der Waals surface area contributed by atoms with Crippen LogP contribution in [0.4, 0.5) is 4.79 Å². The number of piperidine rings is 1. The lowest BCUT2D eigenvalue weighted by Crippen LogP contribution is -2.48. The second-order valence-corrected chi connectivity index (χ2v) is 7.11. The highest BCUT2D eigenvalue weighted by Gasteiger charge is 2.30. The molecule has 2 amide bonds. The van der Waals surface area contributed by atoms with Crippen LogP contribution < -0.4 is 5.32 Å². The molecule has 1 aliphatic carbocycles. The largest absolute Gasteiger partial charge is 0.481 e. The number of nitrogens with zero attached hydrogens (tertiary/aromatic N) is 1. The Hall–Kier alpha value is -2.04. The van der Waals surface area contributed by atoms with Crippen molar-refractivity contribution in [1.29, 1.82) is 0 Å². The van der Waals surface area contributed by atoms with Crippen LogP contribution in [0, 0.1) is 11.8 Å². The topological polar surface area (TPSA) is 69.6 Å². The minimum Gasteiger partial charge on any atom is -0.481 e. The van der Waals surface area contributed by atoms with Gasteiger partial charge in [-0.25, -0.2) is 4.79 Å². The molecule has 2 aliphatic rings. The first-order chi connectivity index (χ1) is 11.6. The van der Waals surface area contributed by atoms with Gasteiger partial charge < -0.3 is 15.3 Å². The van der Waals surface area contributed by atoms with E-state index in [9.17, 15) is 9.59 Å².